The highest BCUT2D eigenvalue weighted by molar-refractivity contribution is 5.91. The number of nitrogens with two attached hydrogens (primary N) is 1. The number of fused-ring (bicyclic) bond motifs is 1. The van der Waals surface area contributed by atoms with Gasteiger partial charge in [0.2, 0.25) is 5.43 Å². The van der Waals surface area contributed by atoms with Crippen LogP contribution in [-0.2, 0) is 0 Å². The number of halogens is 2. The maximum absolute atomic E-state index is 14.3. The van der Waals surface area contributed by atoms with Crippen LogP contribution in [0.15, 0.2) is 17.1 Å². The van der Waals surface area contributed by atoms with Crippen LogP contribution in [0.3, 0.4) is 0 Å². The summed E-state index contributed by atoms with van der Waals surface area (Å²) in [6, 6.07) is 0.923. The number of H-pyrrole nitrogens is 1. The number of aromatic carboxylic acids is 1. The number of carboxylic acids is 1. The predicted molar refractivity (Wildman–Crippen MR) is 78.9 cm³/mol. The smallest absolute Gasteiger partial charge is 0.341 e. The molecule has 122 valence electrons. The van der Waals surface area contributed by atoms with E-state index in [0.717, 1.165) is 12.3 Å². The molecule has 0 bridgehead atoms. The van der Waals surface area contributed by atoms with E-state index in [9.17, 15) is 18.4 Å². The number of alkyl halides is 1. The lowest BCUT2D eigenvalue weighted by Crippen LogP contribution is -2.25. The minimum atomic E-state index is -1.41. The Morgan fingerprint density at radius 2 is 2.26 bits per heavy atom. The third-order valence-electron chi connectivity index (χ3n) is 3.99. The maximum atomic E-state index is 14.3. The quantitative estimate of drug-likeness (QED) is 0.757. The van der Waals surface area contributed by atoms with Crippen LogP contribution >= 0.6 is 0 Å². The van der Waals surface area contributed by atoms with Crippen molar-refractivity contribution in [3.8, 4) is 0 Å². The molecule has 0 amide bonds. The zero-order valence-electron chi connectivity index (χ0n) is 11.9. The summed E-state index contributed by atoms with van der Waals surface area (Å²) in [5.74, 6) is -2.71. The number of aromatic amines is 1. The molecule has 0 aromatic carbocycles. The molecule has 4 N–H and O–H groups in total. The van der Waals surface area contributed by atoms with Crippen molar-refractivity contribution in [1.82, 2.24) is 9.97 Å². The van der Waals surface area contributed by atoms with E-state index in [-0.39, 0.29) is 36.5 Å². The SMILES string of the molecule is NC[C@@H]1CN(c2nc3[nH]cc(C(=O)O)c(=O)c3cc2F)C[C@H]1F. The third-order valence-corrected chi connectivity index (χ3v) is 3.99. The first-order valence-corrected chi connectivity index (χ1v) is 6.96. The van der Waals surface area contributed by atoms with E-state index < -0.39 is 34.9 Å². The highest BCUT2D eigenvalue weighted by atomic mass is 19.1. The summed E-state index contributed by atoms with van der Waals surface area (Å²) in [5, 5.41) is 8.74. The van der Waals surface area contributed by atoms with Crippen LogP contribution in [0.25, 0.3) is 11.0 Å². The fourth-order valence-electron chi connectivity index (χ4n) is 2.72. The van der Waals surface area contributed by atoms with Crippen LogP contribution in [0.5, 0.6) is 0 Å². The molecular weight excluding hydrogens is 310 g/mol. The van der Waals surface area contributed by atoms with Gasteiger partial charge >= 0.3 is 5.97 Å². The number of hydrogen-bond donors (Lipinski definition) is 3. The largest absolute Gasteiger partial charge is 0.477 e. The molecular formula is C14H14F2N4O3. The molecule has 0 unspecified atom stereocenters. The summed E-state index contributed by atoms with van der Waals surface area (Å²) < 4.78 is 28.1. The topological polar surface area (TPSA) is 112 Å². The third kappa shape index (κ3) is 2.52. The Morgan fingerprint density at radius 1 is 1.52 bits per heavy atom. The van der Waals surface area contributed by atoms with Crippen molar-refractivity contribution >= 4 is 22.8 Å². The van der Waals surface area contributed by atoms with Gasteiger partial charge in [-0.3, -0.25) is 4.79 Å². The van der Waals surface area contributed by atoms with Crippen molar-refractivity contribution in [2.75, 3.05) is 24.5 Å². The van der Waals surface area contributed by atoms with Crippen molar-refractivity contribution in [2.24, 2.45) is 11.7 Å². The lowest BCUT2D eigenvalue weighted by molar-refractivity contribution is 0.0695. The van der Waals surface area contributed by atoms with Gasteiger partial charge in [-0.2, -0.15) is 0 Å². The molecule has 2 aromatic heterocycles. The molecule has 0 radical (unpaired) electrons. The van der Waals surface area contributed by atoms with Crippen LogP contribution in [-0.4, -0.2) is 46.8 Å². The van der Waals surface area contributed by atoms with Crippen LogP contribution in [0.4, 0.5) is 14.6 Å². The number of rotatable bonds is 3. The first-order valence-electron chi connectivity index (χ1n) is 6.96. The number of hydrogen-bond acceptors (Lipinski definition) is 5. The highest BCUT2D eigenvalue weighted by Gasteiger charge is 2.34. The van der Waals surface area contributed by atoms with Crippen molar-refractivity contribution in [3.05, 3.63) is 33.9 Å². The molecule has 1 saturated heterocycles. The van der Waals surface area contributed by atoms with E-state index in [1.165, 1.54) is 4.90 Å². The fourth-order valence-corrected chi connectivity index (χ4v) is 2.72. The average molecular weight is 324 g/mol. The van der Waals surface area contributed by atoms with E-state index in [0.29, 0.717) is 0 Å². The molecule has 3 rings (SSSR count). The Bertz CT molecular complexity index is 839. The molecule has 9 heteroatoms. The van der Waals surface area contributed by atoms with E-state index in [1.54, 1.807) is 0 Å². The summed E-state index contributed by atoms with van der Waals surface area (Å²) in [7, 11) is 0. The monoisotopic (exact) mass is 324 g/mol. The minimum Gasteiger partial charge on any atom is -0.477 e. The van der Waals surface area contributed by atoms with Crippen LogP contribution in [0, 0.1) is 11.7 Å². The summed E-state index contributed by atoms with van der Waals surface area (Å²) in [4.78, 5) is 31.0. The number of carbonyl (C=O) groups is 1. The Balaban J connectivity index is 2.08. The van der Waals surface area contributed by atoms with Crippen molar-refractivity contribution < 1.29 is 18.7 Å². The molecule has 0 spiro atoms. The van der Waals surface area contributed by atoms with E-state index >= 15 is 0 Å². The summed E-state index contributed by atoms with van der Waals surface area (Å²) >= 11 is 0. The summed E-state index contributed by atoms with van der Waals surface area (Å²) in [6.45, 7) is 0.338. The molecule has 2 atom stereocenters. The number of carboxylic acid groups (broad SMARTS) is 1. The molecule has 1 fully saturated rings. The normalized spacial score (nSPS) is 21.1. The van der Waals surface area contributed by atoms with Crippen LogP contribution < -0.4 is 16.1 Å². The van der Waals surface area contributed by atoms with Crippen molar-refractivity contribution in [3.63, 3.8) is 0 Å². The molecule has 2 aromatic rings. The van der Waals surface area contributed by atoms with Crippen LogP contribution in [0.1, 0.15) is 10.4 Å². The Kier molecular flexibility index (Phi) is 3.72. The van der Waals surface area contributed by atoms with E-state index in [4.69, 9.17) is 10.8 Å². The number of nitrogens with one attached hydrogen (secondary N) is 1. The van der Waals surface area contributed by atoms with Gasteiger partial charge in [-0.15, -0.1) is 0 Å². The number of pyridine rings is 2. The molecule has 0 aliphatic carbocycles. The Morgan fingerprint density at radius 3 is 2.87 bits per heavy atom. The van der Waals surface area contributed by atoms with Gasteiger partial charge < -0.3 is 20.7 Å². The number of nitrogens with zero attached hydrogens (tertiary/aromatic N) is 2. The lowest BCUT2D eigenvalue weighted by atomic mass is 10.1. The minimum absolute atomic E-state index is 0.0330. The molecule has 7 nitrogen and oxygen atoms in total. The number of aromatic nitrogens is 2. The molecule has 3 heterocycles. The molecule has 23 heavy (non-hydrogen) atoms. The lowest BCUT2D eigenvalue weighted by Gasteiger charge is -2.17. The van der Waals surface area contributed by atoms with Gasteiger partial charge in [0.15, 0.2) is 11.6 Å². The van der Waals surface area contributed by atoms with Gasteiger partial charge in [-0.05, 0) is 12.6 Å². The average Bonchev–Trinajstić information content (AvgIpc) is 2.88. The van der Waals surface area contributed by atoms with Gasteiger partial charge in [0.05, 0.1) is 11.9 Å². The molecule has 1 aliphatic heterocycles. The van der Waals surface area contributed by atoms with Crippen LogP contribution in [0.2, 0.25) is 0 Å². The first kappa shape index (κ1) is 15.3. The summed E-state index contributed by atoms with van der Waals surface area (Å²) in [6.07, 6.45) is -0.169. The van der Waals surface area contributed by atoms with E-state index in [2.05, 4.69) is 9.97 Å². The number of anilines is 1. The standard InChI is InChI=1S/C14H14F2N4O3/c15-9-1-7-11(21)8(14(22)23)3-18-12(7)19-13(9)20-4-6(2-17)10(16)5-20/h1,3,6,10H,2,4-5,17H2,(H,22,23)(H,18,19,21)/t6-,10-/m1/s1. The zero-order valence-corrected chi connectivity index (χ0v) is 11.9. The Hall–Kier alpha value is -2.55. The second kappa shape index (κ2) is 5.58. The van der Waals surface area contributed by atoms with Crippen molar-refractivity contribution in [1.29, 1.82) is 0 Å². The van der Waals surface area contributed by atoms with Gasteiger partial charge in [0, 0.05) is 18.7 Å². The summed E-state index contributed by atoms with van der Waals surface area (Å²) in [5.41, 5.74) is 4.19. The second-order valence-corrected chi connectivity index (χ2v) is 5.44. The first-order chi connectivity index (χ1) is 10.9. The van der Waals surface area contributed by atoms with Gasteiger partial charge in [0.25, 0.3) is 0 Å². The molecule has 1 aliphatic rings. The fraction of sp³-hybridized carbons (Fsp3) is 0.357. The highest BCUT2D eigenvalue weighted by Crippen LogP contribution is 2.27. The predicted octanol–water partition coefficient (Wildman–Crippen LogP) is 0.493. The van der Waals surface area contributed by atoms with Gasteiger partial charge in [0.1, 0.15) is 17.4 Å². The van der Waals surface area contributed by atoms with E-state index in [1.807, 2.05) is 0 Å². The maximum Gasteiger partial charge on any atom is 0.341 e. The molecule has 0 saturated carbocycles. The second-order valence-electron chi connectivity index (χ2n) is 5.44. The zero-order chi connectivity index (χ0) is 16.7. The van der Waals surface area contributed by atoms with Gasteiger partial charge in [-0.25, -0.2) is 18.6 Å². The Labute approximate surface area is 128 Å². The van der Waals surface area contributed by atoms with Crippen molar-refractivity contribution in [2.45, 2.75) is 6.17 Å². The van der Waals surface area contributed by atoms with Gasteiger partial charge in [-0.1, -0.05) is 0 Å².